The molecule has 5 nitrogen and oxygen atoms in total. The molecule has 0 N–H and O–H groups in total. The largest absolute Gasteiger partial charge is 0.243 e. The molecule has 0 saturated carbocycles. The van der Waals surface area contributed by atoms with Crippen LogP contribution in [0.3, 0.4) is 0 Å². The molecule has 0 amide bonds. The molecule has 0 bridgehead atoms. The highest BCUT2D eigenvalue weighted by molar-refractivity contribution is 6.30. The number of hydrogen-bond acceptors (Lipinski definition) is 4. The van der Waals surface area contributed by atoms with Gasteiger partial charge in [0.05, 0.1) is 11.9 Å². The summed E-state index contributed by atoms with van der Waals surface area (Å²) >= 11 is 6.14. The summed E-state index contributed by atoms with van der Waals surface area (Å²) in [6.45, 7) is 6.84. The lowest BCUT2D eigenvalue weighted by Crippen LogP contribution is -2.06. The van der Waals surface area contributed by atoms with E-state index in [0.29, 0.717) is 5.15 Å². The highest BCUT2D eigenvalue weighted by Crippen LogP contribution is 2.25. The van der Waals surface area contributed by atoms with Crippen LogP contribution in [0.15, 0.2) is 6.20 Å². The van der Waals surface area contributed by atoms with Gasteiger partial charge in [-0.15, -0.1) is 5.10 Å². The zero-order valence-corrected chi connectivity index (χ0v) is 11.6. The Morgan fingerprint density at radius 3 is 2.72 bits per heavy atom. The van der Waals surface area contributed by atoms with Gasteiger partial charge < -0.3 is 0 Å². The Kier molecular flexibility index (Phi) is 3.91. The van der Waals surface area contributed by atoms with Gasteiger partial charge in [-0.1, -0.05) is 30.7 Å². The normalized spacial score (nSPS) is 10.9. The van der Waals surface area contributed by atoms with E-state index in [1.54, 1.807) is 6.20 Å². The maximum atomic E-state index is 6.14. The average molecular weight is 266 g/mol. The molecular weight excluding hydrogens is 250 g/mol. The van der Waals surface area contributed by atoms with Crippen LogP contribution in [0.1, 0.15) is 31.7 Å². The van der Waals surface area contributed by atoms with Crippen LogP contribution >= 0.6 is 11.6 Å². The van der Waals surface area contributed by atoms with Gasteiger partial charge in [-0.05, 0) is 13.3 Å². The minimum absolute atomic E-state index is 0.501. The highest BCUT2D eigenvalue weighted by Gasteiger charge is 2.14. The van der Waals surface area contributed by atoms with Crippen LogP contribution in [0.4, 0.5) is 0 Å². The highest BCUT2D eigenvalue weighted by atomic mass is 35.5. The predicted octanol–water partition coefficient (Wildman–Crippen LogP) is 2.67. The molecule has 0 fully saturated rings. The minimum Gasteiger partial charge on any atom is -0.243 e. The van der Waals surface area contributed by atoms with E-state index >= 15 is 0 Å². The Hall–Kier alpha value is -1.49. The fourth-order valence-corrected chi connectivity index (χ4v) is 1.95. The number of nitrogens with zero attached hydrogens (tertiary/aromatic N) is 5. The second kappa shape index (κ2) is 5.44. The molecule has 0 aliphatic heterocycles. The minimum atomic E-state index is 0.501. The van der Waals surface area contributed by atoms with Crippen molar-refractivity contribution >= 4 is 11.6 Å². The Bertz CT molecular complexity index is 549. The molecule has 2 aromatic rings. The maximum Gasteiger partial charge on any atom is 0.136 e. The first-order valence-electron chi connectivity index (χ1n) is 6.09. The van der Waals surface area contributed by atoms with Gasteiger partial charge in [0.15, 0.2) is 0 Å². The molecule has 0 saturated heterocycles. The summed E-state index contributed by atoms with van der Waals surface area (Å²) in [4.78, 5) is 8.78. The predicted molar refractivity (Wildman–Crippen MR) is 70.5 cm³/mol. The first kappa shape index (κ1) is 13.0. The van der Waals surface area contributed by atoms with E-state index in [1.807, 2.05) is 18.5 Å². The van der Waals surface area contributed by atoms with Crippen LogP contribution in [0.25, 0.3) is 11.4 Å². The monoisotopic (exact) mass is 265 g/mol. The van der Waals surface area contributed by atoms with Gasteiger partial charge >= 0.3 is 0 Å². The molecule has 6 heteroatoms. The van der Waals surface area contributed by atoms with Gasteiger partial charge in [0.1, 0.15) is 16.7 Å². The Morgan fingerprint density at radius 1 is 1.28 bits per heavy atom. The summed E-state index contributed by atoms with van der Waals surface area (Å²) in [6, 6.07) is 0. The lowest BCUT2D eigenvalue weighted by molar-refractivity contribution is 0.583. The molecule has 96 valence electrons. The van der Waals surface area contributed by atoms with Crippen LogP contribution in [0.5, 0.6) is 0 Å². The van der Waals surface area contributed by atoms with Crippen LogP contribution in [0.2, 0.25) is 5.15 Å². The summed E-state index contributed by atoms with van der Waals surface area (Å²) in [5.41, 5.74) is 2.59. The van der Waals surface area contributed by atoms with Gasteiger partial charge in [0.25, 0.3) is 0 Å². The fraction of sp³-hybridized carbons (Fsp3) is 0.500. The Balaban J connectivity index is 2.55. The van der Waals surface area contributed by atoms with E-state index < -0.39 is 0 Å². The van der Waals surface area contributed by atoms with Crippen molar-refractivity contribution in [1.29, 1.82) is 0 Å². The van der Waals surface area contributed by atoms with E-state index in [1.165, 1.54) is 0 Å². The van der Waals surface area contributed by atoms with E-state index in [-0.39, 0.29) is 0 Å². The fourth-order valence-electron chi connectivity index (χ4n) is 1.76. The average Bonchev–Trinajstić information content (AvgIpc) is 2.81. The molecule has 0 unspecified atom stereocenters. The van der Waals surface area contributed by atoms with E-state index in [9.17, 15) is 0 Å². The van der Waals surface area contributed by atoms with Crippen molar-refractivity contribution in [3.8, 4) is 11.4 Å². The van der Waals surface area contributed by atoms with Crippen molar-refractivity contribution in [2.45, 2.75) is 40.2 Å². The molecule has 0 aromatic carbocycles. The second-order valence-electron chi connectivity index (χ2n) is 4.10. The third kappa shape index (κ3) is 2.36. The number of aromatic nitrogens is 5. The quantitative estimate of drug-likeness (QED) is 0.798. The number of rotatable bonds is 4. The number of halogens is 1. The first-order valence-corrected chi connectivity index (χ1v) is 6.47. The van der Waals surface area contributed by atoms with Crippen molar-refractivity contribution in [2.75, 3.05) is 0 Å². The zero-order chi connectivity index (χ0) is 13.1. The van der Waals surface area contributed by atoms with E-state index in [4.69, 9.17) is 11.6 Å². The first-order chi connectivity index (χ1) is 8.67. The summed E-state index contributed by atoms with van der Waals surface area (Å²) < 4.78 is 1.85. The molecule has 2 heterocycles. The topological polar surface area (TPSA) is 56.5 Å². The summed E-state index contributed by atoms with van der Waals surface area (Å²) in [7, 11) is 0. The SMILES string of the molecule is CCCn1nncc1-c1nc(CC)nc(Cl)c1C. The lowest BCUT2D eigenvalue weighted by Gasteiger charge is -2.09. The maximum absolute atomic E-state index is 6.14. The van der Waals surface area contributed by atoms with Gasteiger partial charge in [0, 0.05) is 18.5 Å². The summed E-state index contributed by atoms with van der Waals surface area (Å²) in [6.07, 6.45) is 3.47. The summed E-state index contributed by atoms with van der Waals surface area (Å²) in [5, 5.41) is 8.53. The van der Waals surface area contributed by atoms with Gasteiger partial charge in [-0.2, -0.15) is 0 Å². The Labute approximate surface area is 111 Å². The zero-order valence-electron chi connectivity index (χ0n) is 10.8. The molecule has 0 spiro atoms. The van der Waals surface area contributed by atoms with E-state index in [2.05, 4.69) is 27.2 Å². The number of hydrogen-bond donors (Lipinski definition) is 0. The van der Waals surface area contributed by atoms with Crippen molar-refractivity contribution < 1.29 is 0 Å². The van der Waals surface area contributed by atoms with Gasteiger partial charge in [-0.3, -0.25) is 0 Å². The molecule has 0 aliphatic rings. The molecular formula is C12H16ClN5. The van der Waals surface area contributed by atoms with Gasteiger partial charge in [0.2, 0.25) is 0 Å². The van der Waals surface area contributed by atoms with Crippen molar-refractivity contribution in [3.05, 3.63) is 22.7 Å². The molecule has 18 heavy (non-hydrogen) atoms. The number of aryl methyl sites for hydroxylation is 2. The molecule has 0 atom stereocenters. The van der Waals surface area contributed by atoms with Crippen LogP contribution in [0, 0.1) is 6.92 Å². The van der Waals surface area contributed by atoms with Gasteiger partial charge in [-0.25, -0.2) is 14.6 Å². The van der Waals surface area contributed by atoms with Crippen molar-refractivity contribution in [1.82, 2.24) is 25.0 Å². The summed E-state index contributed by atoms with van der Waals surface area (Å²) in [5.74, 6) is 0.741. The smallest absolute Gasteiger partial charge is 0.136 e. The standard InChI is InChI=1S/C12H16ClN5/c1-4-6-18-9(7-14-17-18)11-8(3)12(13)16-10(5-2)15-11/h7H,4-6H2,1-3H3. The third-order valence-corrected chi connectivity index (χ3v) is 3.11. The van der Waals surface area contributed by atoms with Crippen LogP contribution in [-0.2, 0) is 13.0 Å². The molecule has 2 aromatic heterocycles. The van der Waals surface area contributed by atoms with Crippen LogP contribution < -0.4 is 0 Å². The Morgan fingerprint density at radius 2 is 2.06 bits per heavy atom. The van der Waals surface area contributed by atoms with Crippen molar-refractivity contribution in [2.24, 2.45) is 0 Å². The molecule has 0 aliphatic carbocycles. The van der Waals surface area contributed by atoms with E-state index in [0.717, 1.165) is 42.2 Å². The second-order valence-corrected chi connectivity index (χ2v) is 4.46. The van der Waals surface area contributed by atoms with Crippen molar-refractivity contribution in [3.63, 3.8) is 0 Å². The molecule has 2 rings (SSSR count). The molecule has 0 radical (unpaired) electrons. The third-order valence-electron chi connectivity index (χ3n) is 2.74. The van der Waals surface area contributed by atoms with Crippen LogP contribution in [-0.4, -0.2) is 25.0 Å². The lowest BCUT2D eigenvalue weighted by atomic mass is 10.2.